The van der Waals surface area contributed by atoms with E-state index in [-0.39, 0.29) is 30.4 Å². The van der Waals surface area contributed by atoms with Gasteiger partial charge in [-0.1, -0.05) is 36.4 Å². The normalized spacial score (nSPS) is 12.5. The van der Waals surface area contributed by atoms with Gasteiger partial charge in [-0.25, -0.2) is 0 Å². The van der Waals surface area contributed by atoms with Gasteiger partial charge in [0.1, 0.15) is 12.4 Å². The first kappa shape index (κ1) is 22.9. The maximum absolute atomic E-state index is 12.7. The summed E-state index contributed by atoms with van der Waals surface area (Å²) >= 11 is 0. The molecule has 0 amide bonds. The van der Waals surface area contributed by atoms with Crippen molar-refractivity contribution in [3.8, 4) is 11.4 Å². The van der Waals surface area contributed by atoms with E-state index in [4.69, 9.17) is 4.74 Å². The van der Waals surface area contributed by atoms with Crippen LogP contribution in [0.5, 0.6) is 5.75 Å². The average Bonchev–Trinajstić information content (AvgIpc) is 3.05. The van der Waals surface area contributed by atoms with Gasteiger partial charge in [0.2, 0.25) is 0 Å². The van der Waals surface area contributed by atoms with Crippen LogP contribution in [0.1, 0.15) is 16.8 Å². The summed E-state index contributed by atoms with van der Waals surface area (Å²) in [7, 11) is 2.10. The van der Waals surface area contributed by atoms with Gasteiger partial charge in [0.05, 0.1) is 11.2 Å². The first-order valence-electron chi connectivity index (χ1n) is 9.91. The maximum Gasteiger partial charge on any atom is 0.258 e. The fourth-order valence-electron chi connectivity index (χ4n) is 4.14. The molecule has 1 aliphatic rings. The molecule has 7 heteroatoms. The van der Waals surface area contributed by atoms with Gasteiger partial charge in [-0.2, -0.15) is 0 Å². The molecule has 31 heavy (non-hydrogen) atoms. The molecule has 0 saturated carbocycles. The van der Waals surface area contributed by atoms with Crippen LogP contribution in [0, 0.1) is 0 Å². The first-order valence-corrected chi connectivity index (χ1v) is 9.91. The molecular formula is C24H25Cl2N3O2. The molecule has 0 atom stereocenters. The number of halogens is 2. The highest BCUT2D eigenvalue weighted by Crippen LogP contribution is 2.29. The Morgan fingerprint density at radius 2 is 1.84 bits per heavy atom. The fourth-order valence-corrected chi connectivity index (χ4v) is 4.14. The van der Waals surface area contributed by atoms with Crippen LogP contribution in [-0.4, -0.2) is 15.7 Å². The Kier molecular flexibility index (Phi) is 7.11. The third-order valence-corrected chi connectivity index (χ3v) is 5.68. The van der Waals surface area contributed by atoms with E-state index in [2.05, 4.69) is 29.1 Å². The number of rotatable bonds is 4. The smallest absolute Gasteiger partial charge is 0.258 e. The number of nitrogens with one attached hydrogen (secondary N) is 1. The highest BCUT2D eigenvalue weighted by molar-refractivity contribution is 5.87. The van der Waals surface area contributed by atoms with Crippen molar-refractivity contribution >= 4 is 35.7 Å². The van der Waals surface area contributed by atoms with Crippen LogP contribution in [0.2, 0.25) is 0 Å². The highest BCUT2D eigenvalue weighted by Gasteiger charge is 2.18. The molecule has 2 aromatic heterocycles. The van der Waals surface area contributed by atoms with Gasteiger partial charge < -0.3 is 14.6 Å². The molecule has 0 unspecified atom stereocenters. The standard InChI is InChI=1S/C24H23N3O2.2ClH/c1-26-22-13-18(7-8-20(22)21-9-11-25-15-23(21)26)27-12-10-19(14-24(27)28)29-16-17-5-3-2-4-6-17;;/h2-8,10,12-14,25H,9,11,15-16H2,1H3;2*1H. The lowest BCUT2D eigenvalue weighted by atomic mass is 10.0. The predicted octanol–water partition coefficient (Wildman–Crippen LogP) is 4.40. The van der Waals surface area contributed by atoms with Crippen molar-refractivity contribution < 1.29 is 4.74 Å². The van der Waals surface area contributed by atoms with Crippen molar-refractivity contribution in [2.24, 2.45) is 7.05 Å². The molecule has 4 aromatic rings. The number of hydrogen-bond acceptors (Lipinski definition) is 3. The number of fused-ring (bicyclic) bond motifs is 3. The zero-order valence-corrected chi connectivity index (χ0v) is 18.8. The highest BCUT2D eigenvalue weighted by atomic mass is 35.5. The van der Waals surface area contributed by atoms with E-state index in [1.54, 1.807) is 16.8 Å². The molecule has 2 aromatic carbocycles. The summed E-state index contributed by atoms with van der Waals surface area (Å²) in [5.74, 6) is 0.580. The van der Waals surface area contributed by atoms with Crippen LogP contribution in [-0.2, 0) is 26.6 Å². The zero-order chi connectivity index (χ0) is 19.8. The second-order valence-corrected chi connectivity index (χ2v) is 7.46. The van der Waals surface area contributed by atoms with Crippen molar-refractivity contribution in [2.45, 2.75) is 19.6 Å². The lowest BCUT2D eigenvalue weighted by Gasteiger charge is -2.14. The maximum atomic E-state index is 12.7. The number of aryl methyl sites for hydroxylation is 1. The second-order valence-electron chi connectivity index (χ2n) is 7.46. The molecule has 162 valence electrons. The Hall–Kier alpha value is -2.73. The Morgan fingerprint density at radius 1 is 1.03 bits per heavy atom. The van der Waals surface area contributed by atoms with E-state index >= 15 is 0 Å². The summed E-state index contributed by atoms with van der Waals surface area (Å²) in [4.78, 5) is 12.7. The molecule has 3 heterocycles. The minimum absolute atomic E-state index is 0. The van der Waals surface area contributed by atoms with Gasteiger partial charge in [0.25, 0.3) is 5.56 Å². The van der Waals surface area contributed by atoms with Crippen LogP contribution < -0.4 is 15.6 Å². The summed E-state index contributed by atoms with van der Waals surface area (Å²) in [6, 6.07) is 19.6. The van der Waals surface area contributed by atoms with Gasteiger partial charge in [0.15, 0.2) is 0 Å². The van der Waals surface area contributed by atoms with Crippen LogP contribution in [0.15, 0.2) is 71.7 Å². The van der Waals surface area contributed by atoms with Crippen LogP contribution >= 0.6 is 24.8 Å². The van der Waals surface area contributed by atoms with Crippen molar-refractivity contribution in [3.63, 3.8) is 0 Å². The molecule has 0 bridgehead atoms. The van der Waals surface area contributed by atoms with Crippen molar-refractivity contribution in [1.29, 1.82) is 0 Å². The van der Waals surface area contributed by atoms with Gasteiger partial charge in [-0.3, -0.25) is 9.36 Å². The van der Waals surface area contributed by atoms with E-state index in [0.717, 1.165) is 36.3 Å². The molecule has 1 aliphatic heterocycles. The Bertz CT molecular complexity index is 1250. The molecule has 5 nitrogen and oxygen atoms in total. The summed E-state index contributed by atoms with van der Waals surface area (Å²) in [6.07, 6.45) is 2.83. The van der Waals surface area contributed by atoms with Crippen LogP contribution in [0.3, 0.4) is 0 Å². The molecule has 0 radical (unpaired) electrons. The Labute approximate surface area is 193 Å². The van der Waals surface area contributed by atoms with Crippen molar-refractivity contribution in [2.75, 3.05) is 6.54 Å². The van der Waals surface area contributed by atoms with Gasteiger partial charge >= 0.3 is 0 Å². The molecule has 0 aliphatic carbocycles. The third kappa shape index (κ3) is 4.35. The van der Waals surface area contributed by atoms with Crippen molar-refractivity contribution in [1.82, 2.24) is 14.5 Å². The lowest BCUT2D eigenvalue weighted by molar-refractivity contribution is 0.305. The number of nitrogens with zero attached hydrogens (tertiary/aromatic N) is 2. The summed E-state index contributed by atoms with van der Waals surface area (Å²) in [5.41, 5.74) is 5.75. The third-order valence-electron chi connectivity index (χ3n) is 5.68. The molecule has 0 spiro atoms. The molecule has 0 saturated heterocycles. The lowest BCUT2D eigenvalue weighted by Crippen LogP contribution is -2.24. The second kappa shape index (κ2) is 9.60. The number of hydrogen-bond donors (Lipinski definition) is 1. The monoisotopic (exact) mass is 457 g/mol. The Balaban J connectivity index is 0.00000136. The van der Waals surface area contributed by atoms with E-state index in [1.165, 1.54) is 16.6 Å². The van der Waals surface area contributed by atoms with E-state index in [1.807, 2.05) is 42.5 Å². The zero-order valence-electron chi connectivity index (χ0n) is 17.2. The number of ether oxygens (including phenoxy) is 1. The van der Waals surface area contributed by atoms with Crippen LogP contribution in [0.4, 0.5) is 0 Å². The predicted molar refractivity (Wildman–Crippen MR) is 129 cm³/mol. The van der Waals surface area contributed by atoms with Gasteiger partial charge in [-0.05, 0) is 42.3 Å². The van der Waals surface area contributed by atoms with E-state index in [9.17, 15) is 4.79 Å². The topological polar surface area (TPSA) is 48.2 Å². The molecule has 5 rings (SSSR count). The molecule has 0 fully saturated rings. The number of benzene rings is 2. The van der Waals surface area contributed by atoms with Crippen molar-refractivity contribution in [3.05, 3.63) is 94.0 Å². The largest absolute Gasteiger partial charge is 0.489 e. The summed E-state index contributed by atoms with van der Waals surface area (Å²) in [5, 5.41) is 4.72. The Morgan fingerprint density at radius 3 is 2.61 bits per heavy atom. The number of pyridine rings is 1. The van der Waals surface area contributed by atoms with Gasteiger partial charge in [-0.15, -0.1) is 24.8 Å². The van der Waals surface area contributed by atoms with E-state index in [0.29, 0.717) is 12.4 Å². The van der Waals surface area contributed by atoms with E-state index < -0.39 is 0 Å². The minimum atomic E-state index is -0.101. The summed E-state index contributed by atoms with van der Waals surface area (Å²) in [6.45, 7) is 2.35. The quantitative estimate of drug-likeness (QED) is 0.493. The fraction of sp³-hybridized carbons (Fsp3) is 0.208. The van der Waals surface area contributed by atoms with Crippen LogP contribution in [0.25, 0.3) is 16.6 Å². The minimum Gasteiger partial charge on any atom is -0.489 e. The SMILES string of the molecule is Cl.Cl.Cn1c2c(c3ccc(-n4ccc(OCc5ccccc5)cc4=O)cc31)CCNC2. The molecule has 1 N–H and O–H groups in total. The first-order chi connectivity index (χ1) is 14.2. The average molecular weight is 458 g/mol. The molecular weight excluding hydrogens is 433 g/mol. The summed E-state index contributed by atoms with van der Waals surface area (Å²) < 4.78 is 9.69. The number of aromatic nitrogens is 2. The van der Waals surface area contributed by atoms with Gasteiger partial charge in [0, 0.05) is 36.9 Å².